The quantitative estimate of drug-likeness (QED) is 0.328. The van der Waals surface area contributed by atoms with E-state index in [1.165, 1.54) is 18.5 Å². The number of hydrogen-bond acceptors (Lipinski definition) is 7. The predicted molar refractivity (Wildman–Crippen MR) is 109 cm³/mol. The first-order valence-electron chi connectivity index (χ1n) is 10.0. The van der Waals surface area contributed by atoms with E-state index in [2.05, 4.69) is 20.4 Å². The molecule has 1 aliphatic carbocycles. The molecule has 0 unspecified atom stereocenters. The van der Waals surface area contributed by atoms with Gasteiger partial charge in [-0.3, -0.25) is 19.4 Å². The molecule has 0 atom stereocenters. The van der Waals surface area contributed by atoms with Crippen LogP contribution in [0.2, 0.25) is 0 Å². The highest BCUT2D eigenvalue weighted by molar-refractivity contribution is 6.31. The van der Waals surface area contributed by atoms with E-state index in [9.17, 15) is 14.8 Å². The van der Waals surface area contributed by atoms with Gasteiger partial charge in [0.05, 0.1) is 16.7 Å². The summed E-state index contributed by atoms with van der Waals surface area (Å²) in [4.78, 5) is 31.2. The van der Waals surface area contributed by atoms with Gasteiger partial charge in [-0.2, -0.15) is 4.73 Å². The Morgan fingerprint density at radius 3 is 1.86 bits per heavy atom. The van der Waals surface area contributed by atoms with Crippen molar-refractivity contribution in [3.63, 3.8) is 0 Å². The Bertz CT molecular complexity index is 998. The van der Waals surface area contributed by atoms with Gasteiger partial charge in [-0.05, 0) is 12.1 Å². The van der Waals surface area contributed by atoms with Gasteiger partial charge in [0.25, 0.3) is 0 Å². The molecule has 8 nitrogen and oxygen atoms in total. The van der Waals surface area contributed by atoms with E-state index in [0.29, 0.717) is 40.3 Å². The van der Waals surface area contributed by atoms with Crippen LogP contribution in [0, 0.1) is 5.21 Å². The molecule has 2 fully saturated rings. The second-order valence-electron chi connectivity index (χ2n) is 7.74. The maximum absolute atomic E-state index is 13.3. The van der Waals surface area contributed by atoms with Crippen LogP contribution in [0.5, 0.6) is 0 Å². The summed E-state index contributed by atoms with van der Waals surface area (Å²) in [7, 11) is 0. The largest absolute Gasteiger partial charge is 0.619 e. The minimum atomic E-state index is -0.288. The molecule has 29 heavy (non-hydrogen) atoms. The zero-order valence-corrected chi connectivity index (χ0v) is 16.1. The molecule has 150 valence electrons. The van der Waals surface area contributed by atoms with Gasteiger partial charge in [-0.15, -0.1) is 0 Å². The van der Waals surface area contributed by atoms with Gasteiger partial charge in [-0.25, -0.2) is 0 Å². The van der Waals surface area contributed by atoms with Gasteiger partial charge < -0.3 is 15.8 Å². The number of fused-ring (bicyclic) bond motifs is 2. The smallest absolute Gasteiger partial charge is 0.202 e. The Morgan fingerprint density at radius 1 is 0.828 bits per heavy atom. The molecule has 3 heterocycles. The van der Waals surface area contributed by atoms with Gasteiger partial charge in [0, 0.05) is 75.4 Å². The molecule has 2 aromatic rings. The van der Waals surface area contributed by atoms with Crippen LogP contribution in [0.15, 0.2) is 30.6 Å². The van der Waals surface area contributed by atoms with Crippen LogP contribution in [-0.2, 0) is 0 Å². The van der Waals surface area contributed by atoms with Gasteiger partial charge in [-0.1, -0.05) is 0 Å². The summed E-state index contributed by atoms with van der Waals surface area (Å²) in [5.74, 6) is -0.511. The Morgan fingerprint density at radius 2 is 1.34 bits per heavy atom. The fraction of sp³-hybridized carbons (Fsp3) is 0.381. The number of carbonyl (C=O) groups is 2. The minimum absolute atomic E-state index is 0.162. The number of rotatable bonds is 8. The summed E-state index contributed by atoms with van der Waals surface area (Å²) in [5.41, 5.74) is 2.51. The number of nitrogens with one attached hydrogen (secondary N) is 2. The van der Waals surface area contributed by atoms with E-state index < -0.39 is 0 Å². The third kappa shape index (κ3) is 3.56. The standard InChI is InChI=1S/C21H23N5O3/c27-20-14-3-6-26(29)13-15(14)21(28)19-17(23-5-8-25-11-12-25)2-1-16(18(19)20)22-4-7-24-9-10-24/h1-3,6,13,22-23H,4-5,7-12H2. The molecule has 2 saturated heterocycles. The maximum Gasteiger partial charge on any atom is 0.202 e. The summed E-state index contributed by atoms with van der Waals surface area (Å²) < 4.78 is 0.564. The molecule has 0 radical (unpaired) electrons. The lowest BCUT2D eigenvalue weighted by molar-refractivity contribution is -0.605. The lowest BCUT2D eigenvalue weighted by atomic mass is 9.83. The molecule has 2 N–H and O–H groups in total. The van der Waals surface area contributed by atoms with Gasteiger partial charge in [0.15, 0.2) is 18.2 Å². The van der Waals surface area contributed by atoms with E-state index in [-0.39, 0.29) is 22.7 Å². The summed E-state index contributed by atoms with van der Waals surface area (Å²) in [5, 5.41) is 18.4. The molecule has 1 aromatic carbocycles. The van der Waals surface area contributed by atoms with Gasteiger partial charge in [0.2, 0.25) is 5.78 Å². The first-order chi connectivity index (χ1) is 14.1. The van der Waals surface area contributed by atoms with Crippen molar-refractivity contribution in [1.29, 1.82) is 0 Å². The number of nitrogens with zero attached hydrogens (tertiary/aromatic N) is 3. The molecule has 1 aromatic heterocycles. The molecule has 5 rings (SSSR count). The number of hydrogen-bond donors (Lipinski definition) is 2. The zero-order valence-electron chi connectivity index (χ0n) is 16.1. The van der Waals surface area contributed by atoms with E-state index in [4.69, 9.17) is 0 Å². The molecule has 0 saturated carbocycles. The highest BCUT2D eigenvalue weighted by Gasteiger charge is 2.35. The summed E-state index contributed by atoms with van der Waals surface area (Å²) in [6.07, 6.45) is 2.45. The van der Waals surface area contributed by atoms with Crippen molar-refractivity contribution in [3.05, 3.63) is 58.1 Å². The monoisotopic (exact) mass is 393 g/mol. The average molecular weight is 393 g/mol. The molecule has 0 spiro atoms. The van der Waals surface area contributed by atoms with Crippen molar-refractivity contribution in [2.45, 2.75) is 0 Å². The van der Waals surface area contributed by atoms with E-state index in [1.54, 1.807) is 0 Å². The second kappa shape index (κ2) is 7.13. The summed E-state index contributed by atoms with van der Waals surface area (Å²) >= 11 is 0. The number of anilines is 2. The molecule has 0 bridgehead atoms. The van der Waals surface area contributed by atoms with Gasteiger partial charge in [0.1, 0.15) is 0 Å². The van der Waals surface area contributed by atoms with Crippen molar-refractivity contribution in [2.75, 3.05) is 63.0 Å². The van der Waals surface area contributed by atoms with Crippen molar-refractivity contribution in [2.24, 2.45) is 0 Å². The van der Waals surface area contributed by atoms with Crippen LogP contribution in [-0.4, -0.2) is 73.7 Å². The van der Waals surface area contributed by atoms with Crippen LogP contribution in [0.3, 0.4) is 0 Å². The molecule has 2 aliphatic heterocycles. The third-order valence-corrected chi connectivity index (χ3v) is 5.65. The minimum Gasteiger partial charge on any atom is -0.619 e. The SMILES string of the molecule is O=C1c2cc[n+]([O-])cc2C(=O)c2c(NCCN3CC3)ccc(NCCN3CC3)c21. The van der Waals surface area contributed by atoms with Crippen LogP contribution in [0.25, 0.3) is 0 Å². The van der Waals surface area contributed by atoms with E-state index in [0.717, 1.165) is 39.3 Å². The number of pyridine rings is 1. The highest BCUT2D eigenvalue weighted by atomic mass is 16.5. The van der Waals surface area contributed by atoms with E-state index in [1.807, 2.05) is 12.1 Å². The van der Waals surface area contributed by atoms with E-state index >= 15 is 0 Å². The van der Waals surface area contributed by atoms with Crippen molar-refractivity contribution in [1.82, 2.24) is 9.80 Å². The Balaban J connectivity index is 1.51. The number of ketones is 2. The van der Waals surface area contributed by atoms with Crippen LogP contribution >= 0.6 is 0 Å². The first kappa shape index (κ1) is 18.1. The second-order valence-corrected chi connectivity index (χ2v) is 7.74. The van der Waals surface area contributed by atoms with Crippen molar-refractivity contribution < 1.29 is 14.3 Å². The van der Waals surface area contributed by atoms with Crippen LogP contribution in [0.4, 0.5) is 11.4 Å². The topological polar surface area (TPSA) is 91.2 Å². The lowest BCUT2D eigenvalue weighted by Gasteiger charge is -2.23. The normalized spacial score (nSPS) is 17.7. The zero-order chi connectivity index (χ0) is 20.0. The molecular formula is C21H23N5O3. The molecule has 8 heteroatoms. The summed E-state index contributed by atoms with van der Waals surface area (Å²) in [6.45, 7) is 7.63. The van der Waals surface area contributed by atoms with Gasteiger partial charge >= 0.3 is 0 Å². The predicted octanol–water partition coefficient (Wildman–Crippen LogP) is 0.550. The van der Waals surface area contributed by atoms with Crippen LogP contribution < -0.4 is 15.4 Å². The lowest BCUT2D eigenvalue weighted by Crippen LogP contribution is -2.32. The molecular weight excluding hydrogens is 370 g/mol. The average Bonchev–Trinajstić information content (AvgIpc) is 3.62. The number of aromatic nitrogens is 1. The Hall–Kier alpha value is -2.97. The van der Waals surface area contributed by atoms with Crippen molar-refractivity contribution >= 4 is 22.9 Å². The molecule has 3 aliphatic rings. The third-order valence-electron chi connectivity index (χ3n) is 5.65. The summed E-state index contributed by atoms with van der Waals surface area (Å²) in [6, 6.07) is 5.16. The number of carbonyl (C=O) groups excluding carboxylic acids is 2. The van der Waals surface area contributed by atoms with Crippen LogP contribution in [0.1, 0.15) is 31.8 Å². The van der Waals surface area contributed by atoms with Crippen molar-refractivity contribution in [3.8, 4) is 0 Å². The first-order valence-corrected chi connectivity index (χ1v) is 10.0. The maximum atomic E-state index is 13.3. The highest BCUT2D eigenvalue weighted by Crippen LogP contribution is 2.36. The fourth-order valence-corrected chi connectivity index (χ4v) is 3.78. The molecule has 0 amide bonds. The fourth-order valence-electron chi connectivity index (χ4n) is 3.78. The number of benzene rings is 1. The Kier molecular flexibility index (Phi) is 4.44. The Labute approximate surface area is 168 Å².